The SMILES string of the molecule is CCCC(CCC)S(=O)(=O)CC(C(N)=O)N(C(=O)c1ccc(OC)cc1)[C@](Cc1cc(F)cc(F)c1)(C(=O)OC(C)(C)C)[C@@H](O)C[As]Cc1cccc(CC)c1. The van der Waals surface area contributed by atoms with Gasteiger partial charge in [-0.15, -0.1) is 0 Å². The van der Waals surface area contributed by atoms with Crippen molar-refractivity contribution in [3.8, 4) is 5.75 Å². The number of hydrogen-bond donors (Lipinski definition) is 2. The molecule has 2 amide bonds. The Labute approximate surface area is 337 Å². The first-order chi connectivity index (χ1) is 26.3. The van der Waals surface area contributed by atoms with Gasteiger partial charge in [-0.3, -0.25) is 0 Å². The summed E-state index contributed by atoms with van der Waals surface area (Å²) >= 11 is -0.827. The summed E-state index contributed by atoms with van der Waals surface area (Å²) in [5.41, 5.74) is 3.99. The molecule has 3 N–H and O–H groups in total. The van der Waals surface area contributed by atoms with Gasteiger partial charge in [0.15, 0.2) is 0 Å². The Morgan fingerprint density at radius 3 is 2.00 bits per heavy atom. The number of hydrogen-bond acceptors (Lipinski definition) is 8. The Morgan fingerprint density at radius 1 is 0.893 bits per heavy atom. The summed E-state index contributed by atoms with van der Waals surface area (Å²) in [6.07, 6.45) is -0.254. The zero-order chi connectivity index (χ0) is 41.8. The van der Waals surface area contributed by atoms with Crippen molar-refractivity contribution in [2.24, 2.45) is 5.73 Å². The number of halogens is 2. The molecule has 307 valence electrons. The predicted octanol–water partition coefficient (Wildman–Crippen LogP) is 6.22. The van der Waals surface area contributed by atoms with Crippen molar-refractivity contribution < 1.29 is 46.2 Å². The number of aliphatic hydroxyl groups is 1. The van der Waals surface area contributed by atoms with Crippen molar-refractivity contribution in [3.05, 3.63) is 101 Å². The third-order valence-electron chi connectivity index (χ3n) is 9.44. The van der Waals surface area contributed by atoms with Crippen LogP contribution in [0.1, 0.15) is 94.3 Å². The van der Waals surface area contributed by atoms with E-state index in [4.69, 9.17) is 15.2 Å². The van der Waals surface area contributed by atoms with Crippen molar-refractivity contribution >= 4 is 43.4 Å². The van der Waals surface area contributed by atoms with Crippen molar-refractivity contribution in [1.82, 2.24) is 4.90 Å². The molecule has 0 fully saturated rings. The zero-order valence-electron chi connectivity index (χ0n) is 33.4. The van der Waals surface area contributed by atoms with E-state index >= 15 is 9.59 Å². The zero-order valence-corrected chi connectivity index (χ0v) is 36.1. The Hall–Kier alpha value is -3.80. The Kier molecular flexibility index (Phi) is 17.1. The van der Waals surface area contributed by atoms with E-state index in [-0.39, 0.29) is 29.2 Å². The number of carbonyl (C=O) groups is 3. The van der Waals surface area contributed by atoms with Crippen LogP contribution in [0.15, 0.2) is 66.7 Å². The van der Waals surface area contributed by atoms with E-state index in [1.54, 1.807) is 20.8 Å². The van der Waals surface area contributed by atoms with Crippen LogP contribution in [-0.2, 0) is 42.2 Å². The van der Waals surface area contributed by atoms with Crippen molar-refractivity contribution in [3.63, 3.8) is 0 Å². The maximum atomic E-state index is 15.1. The molecule has 56 heavy (non-hydrogen) atoms. The first kappa shape index (κ1) is 46.6. The molecule has 0 aliphatic rings. The monoisotopic (exact) mass is 861 g/mol. The minimum atomic E-state index is -4.22. The number of aryl methyl sites for hydroxylation is 1. The van der Waals surface area contributed by atoms with Crippen LogP contribution in [0.4, 0.5) is 8.78 Å². The number of rotatable bonds is 21. The molecule has 0 bridgehead atoms. The third kappa shape index (κ3) is 12.3. The topological polar surface area (TPSA) is 153 Å². The number of aliphatic hydroxyl groups excluding tert-OH is 1. The van der Waals surface area contributed by atoms with Gasteiger partial charge in [-0.25, -0.2) is 0 Å². The van der Waals surface area contributed by atoms with Gasteiger partial charge in [-0.1, -0.05) is 0 Å². The molecule has 0 spiro atoms. The van der Waals surface area contributed by atoms with Gasteiger partial charge in [0.1, 0.15) is 0 Å². The van der Waals surface area contributed by atoms with Crippen LogP contribution in [0, 0.1) is 11.6 Å². The molecule has 0 heterocycles. The summed E-state index contributed by atoms with van der Waals surface area (Å²) in [5, 5.41) is 12.1. The first-order valence-electron chi connectivity index (χ1n) is 18.9. The Morgan fingerprint density at radius 2 is 1.48 bits per heavy atom. The second kappa shape index (κ2) is 20.6. The summed E-state index contributed by atoms with van der Waals surface area (Å²) in [6, 6.07) is 14.0. The minimum absolute atomic E-state index is 0.0944. The summed E-state index contributed by atoms with van der Waals surface area (Å²) in [4.78, 5) is 44.7. The molecule has 1 unspecified atom stereocenters. The van der Waals surface area contributed by atoms with Crippen molar-refractivity contribution in [2.45, 2.75) is 119 Å². The summed E-state index contributed by atoms with van der Waals surface area (Å²) < 4.78 is 69.6. The van der Waals surface area contributed by atoms with Crippen molar-refractivity contribution in [1.29, 1.82) is 0 Å². The summed E-state index contributed by atoms with van der Waals surface area (Å²) in [7, 11) is -2.80. The van der Waals surface area contributed by atoms with Gasteiger partial charge in [0.25, 0.3) is 0 Å². The van der Waals surface area contributed by atoms with E-state index < -0.39 is 95.7 Å². The molecule has 3 rings (SSSR count). The first-order valence-corrected chi connectivity index (χ1v) is 23.2. The van der Waals surface area contributed by atoms with Gasteiger partial charge < -0.3 is 0 Å². The number of carbonyl (C=O) groups excluding carboxylic acids is 3. The van der Waals surface area contributed by atoms with Crippen LogP contribution in [0.3, 0.4) is 0 Å². The molecule has 14 heteroatoms. The van der Waals surface area contributed by atoms with Crippen molar-refractivity contribution in [2.75, 3.05) is 12.9 Å². The molecule has 3 aromatic carbocycles. The van der Waals surface area contributed by atoms with E-state index in [9.17, 15) is 27.1 Å². The maximum absolute atomic E-state index is 15.1. The normalized spacial score (nSPS) is 14.3. The average Bonchev–Trinajstić information content (AvgIpc) is 3.12. The van der Waals surface area contributed by atoms with Crippen LogP contribution in [-0.4, -0.2) is 93.4 Å². The summed E-state index contributed by atoms with van der Waals surface area (Å²) in [6.45, 7) is 10.4. The molecule has 0 saturated heterocycles. The van der Waals surface area contributed by atoms with E-state index in [1.165, 1.54) is 31.4 Å². The van der Waals surface area contributed by atoms with Crippen LogP contribution in [0.25, 0.3) is 0 Å². The number of nitrogens with two attached hydrogens (primary N) is 1. The van der Waals surface area contributed by atoms with Crippen LogP contribution in [0.5, 0.6) is 5.75 Å². The van der Waals surface area contributed by atoms with E-state index in [0.717, 1.165) is 34.6 Å². The average molecular weight is 862 g/mol. The van der Waals surface area contributed by atoms with Crippen LogP contribution < -0.4 is 10.5 Å². The molecule has 0 aliphatic carbocycles. The fourth-order valence-corrected chi connectivity index (χ4v) is 11.3. The van der Waals surface area contributed by atoms with Gasteiger partial charge in [0.05, 0.1) is 0 Å². The molecule has 3 aromatic rings. The van der Waals surface area contributed by atoms with E-state index in [0.29, 0.717) is 29.9 Å². The number of sulfone groups is 1. The van der Waals surface area contributed by atoms with Gasteiger partial charge in [0, 0.05) is 0 Å². The van der Waals surface area contributed by atoms with Crippen LogP contribution >= 0.6 is 0 Å². The third-order valence-corrected chi connectivity index (χ3v) is 14.2. The van der Waals surface area contributed by atoms with Crippen LogP contribution in [0.2, 0.25) is 5.21 Å². The number of primary amides is 1. The second-order valence-electron chi connectivity index (χ2n) is 15.0. The van der Waals surface area contributed by atoms with Gasteiger partial charge >= 0.3 is 338 Å². The number of benzene rings is 3. The molecular formula is C42H56AsF2N2O8S. The number of ether oxygens (including phenoxy) is 2. The molecule has 0 saturated carbocycles. The van der Waals surface area contributed by atoms with Gasteiger partial charge in [-0.2, -0.15) is 0 Å². The number of methoxy groups -OCH3 is 1. The number of esters is 1. The Bertz CT molecular complexity index is 1880. The molecule has 1 radical (unpaired) electrons. The molecule has 0 aliphatic heterocycles. The number of nitrogens with zero attached hydrogens (tertiary/aromatic N) is 1. The van der Waals surface area contributed by atoms with Gasteiger partial charge in [0.2, 0.25) is 0 Å². The fraction of sp³-hybridized carbons (Fsp3) is 0.500. The van der Waals surface area contributed by atoms with E-state index in [2.05, 4.69) is 0 Å². The second-order valence-corrected chi connectivity index (χ2v) is 19.7. The quantitative estimate of drug-likeness (QED) is 0.0946. The van der Waals surface area contributed by atoms with E-state index in [1.807, 2.05) is 45.0 Å². The Balaban J connectivity index is 2.43. The molecule has 10 nitrogen and oxygen atoms in total. The molecule has 0 aromatic heterocycles. The summed E-state index contributed by atoms with van der Waals surface area (Å²) in [5.74, 6) is -6.13. The number of amides is 2. The molecular weight excluding hydrogens is 805 g/mol. The van der Waals surface area contributed by atoms with Gasteiger partial charge in [-0.05, 0) is 0 Å². The predicted molar refractivity (Wildman–Crippen MR) is 214 cm³/mol. The standard InChI is InChI=1S/C42H56AsF2N2O8S/c1-8-12-35(13-9-2)56(52,53)27-36(38(46)49)47(39(50)31-16-18-34(54-7)19-17-31)42(40(51)55-41(4,5)6,24-30-21-32(44)23-33(45)22-30)37(48)26-43-25-29-15-11-14-28(10-3)20-29/h11,14-23,35-37,48H,8-10,12-13,24-27H2,1-7H3,(H2,46,49)/t36?,37-,42-/m0/s1. The fourth-order valence-electron chi connectivity index (χ4n) is 6.74. The molecule has 3 atom stereocenters.